The monoisotopic (exact) mass is 371 g/mol. The zero-order valence-corrected chi connectivity index (χ0v) is 14.3. The number of non-ortho nitro benzene ring substituents is 1. The van der Waals surface area contributed by atoms with Crippen LogP contribution in [0, 0.1) is 10.1 Å². The molecule has 0 unspecified atom stereocenters. The number of ether oxygens (including phenoxy) is 1. The Morgan fingerprint density at radius 3 is 2.63 bits per heavy atom. The molecule has 140 valence electrons. The number of hydrogen-bond donors (Lipinski definition) is 1. The summed E-state index contributed by atoms with van der Waals surface area (Å²) in [7, 11) is 0. The van der Waals surface area contributed by atoms with E-state index in [2.05, 4.69) is 5.32 Å². The second kappa shape index (κ2) is 8.28. The largest absolute Gasteiger partial charge is 0.459 e. The lowest BCUT2D eigenvalue weighted by molar-refractivity contribution is -0.384. The molecule has 0 aliphatic carbocycles. The number of morpholine rings is 1. The van der Waals surface area contributed by atoms with Crippen LogP contribution in [0.25, 0.3) is 6.08 Å². The molecule has 27 heavy (non-hydrogen) atoms. The molecule has 0 saturated carbocycles. The van der Waals surface area contributed by atoms with Crippen LogP contribution >= 0.6 is 0 Å². The van der Waals surface area contributed by atoms with E-state index in [1.165, 1.54) is 36.6 Å². The third kappa shape index (κ3) is 4.59. The highest BCUT2D eigenvalue weighted by Gasteiger charge is 2.23. The number of carbonyl (C=O) groups excluding carboxylic acids is 2. The van der Waals surface area contributed by atoms with E-state index in [4.69, 9.17) is 9.15 Å². The quantitative estimate of drug-likeness (QED) is 0.487. The Labute approximate surface area is 154 Å². The maximum atomic E-state index is 12.8. The van der Waals surface area contributed by atoms with Crippen molar-refractivity contribution < 1.29 is 23.7 Å². The molecular formula is C18H17N3O6. The summed E-state index contributed by atoms with van der Waals surface area (Å²) in [5.74, 6) is -0.933. The lowest BCUT2D eigenvalue weighted by atomic mass is 10.1. The second-order valence-corrected chi connectivity index (χ2v) is 5.75. The molecule has 9 nitrogen and oxygen atoms in total. The molecule has 3 rings (SSSR count). The van der Waals surface area contributed by atoms with Crippen LogP contribution < -0.4 is 5.32 Å². The lowest BCUT2D eigenvalue weighted by Gasteiger charge is -2.27. The van der Waals surface area contributed by atoms with Crippen LogP contribution in [0.2, 0.25) is 0 Å². The van der Waals surface area contributed by atoms with Crippen LogP contribution in [0.3, 0.4) is 0 Å². The summed E-state index contributed by atoms with van der Waals surface area (Å²) in [6, 6.07) is 8.82. The topological polar surface area (TPSA) is 115 Å². The minimum absolute atomic E-state index is 0.00111. The van der Waals surface area contributed by atoms with E-state index >= 15 is 0 Å². The highest BCUT2D eigenvalue weighted by Crippen LogP contribution is 2.17. The number of amides is 2. The molecule has 1 saturated heterocycles. The van der Waals surface area contributed by atoms with Gasteiger partial charge in [0.15, 0.2) is 5.76 Å². The molecule has 9 heteroatoms. The molecule has 1 aromatic heterocycles. The van der Waals surface area contributed by atoms with Gasteiger partial charge in [0.2, 0.25) is 0 Å². The molecule has 2 heterocycles. The van der Waals surface area contributed by atoms with Gasteiger partial charge in [-0.1, -0.05) is 12.1 Å². The number of nitrogens with one attached hydrogen (secondary N) is 1. The van der Waals surface area contributed by atoms with E-state index in [1.807, 2.05) is 0 Å². The van der Waals surface area contributed by atoms with Crippen molar-refractivity contribution in [1.29, 1.82) is 0 Å². The maximum absolute atomic E-state index is 12.8. The van der Waals surface area contributed by atoms with Crippen molar-refractivity contribution in [3.8, 4) is 0 Å². The molecular weight excluding hydrogens is 354 g/mol. The average molecular weight is 371 g/mol. The van der Waals surface area contributed by atoms with E-state index in [0.29, 0.717) is 31.9 Å². The predicted molar refractivity (Wildman–Crippen MR) is 94.6 cm³/mol. The van der Waals surface area contributed by atoms with E-state index < -0.39 is 16.7 Å². The first kappa shape index (κ1) is 18.3. The fourth-order valence-corrected chi connectivity index (χ4v) is 2.57. The number of furan rings is 1. The SMILES string of the molecule is O=C(N/C(=C/c1cccc([N+](=O)[O-])c1)C(=O)N1CCOCC1)c1ccco1. The van der Waals surface area contributed by atoms with E-state index in [0.717, 1.165) is 0 Å². The normalized spacial score (nSPS) is 14.7. The van der Waals surface area contributed by atoms with Crippen molar-refractivity contribution >= 4 is 23.6 Å². The number of benzene rings is 1. The van der Waals surface area contributed by atoms with Crippen LogP contribution in [-0.4, -0.2) is 47.9 Å². The molecule has 0 bridgehead atoms. The molecule has 1 aliphatic rings. The van der Waals surface area contributed by atoms with Gasteiger partial charge in [-0.3, -0.25) is 19.7 Å². The fraction of sp³-hybridized carbons (Fsp3) is 0.222. The first-order chi connectivity index (χ1) is 13.0. The van der Waals surface area contributed by atoms with Gasteiger partial charge in [-0.05, 0) is 23.8 Å². The summed E-state index contributed by atoms with van der Waals surface area (Å²) >= 11 is 0. The zero-order valence-electron chi connectivity index (χ0n) is 14.3. The van der Waals surface area contributed by atoms with E-state index in [1.54, 1.807) is 17.0 Å². The molecule has 1 aliphatic heterocycles. The summed E-state index contributed by atoms with van der Waals surface area (Å²) in [4.78, 5) is 37.2. The van der Waals surface area contributed by atoms with Crippen molar-refractivity contribution in [3.63, 3.8) is 0 Å². The van der Waals surface area contributed by atoms with Gasteiger partial charge in [-0.15, -0.1) is 0 Å². The molecule has 2 amide bonds. The third-order valence-corrected chi connectivity index (χ3v) is 3.91. The highest BCUT2D eigenvalue weighted by atomic mass is 16.6. The first-order valence-corrected chi connectivity index (χ1v) is 8.22. The number of nitro benzene ring substituents is 1. The van der Waals surface area contributed by atoms with Crippen molar-refractivity contribution in [2.45, 2.75) is 0 Å². The van der Waals surface area contributed by atoms with Crippen LogP contribution in [0.15, 0.2) is 52.8 Å². The van der Waals surface area contributed by atoms with Gasteiger partial charge in [0, 0.05) is 25.2 Å². The molecule has 2 aromatic rings. The molecule has 0 radical (unpaired) electrons. The number of nitrogens with zero attached hydrogens (tertiary/aromatic N) is 2. The minimum atomic E-state index is -0.585. The summed E-state index contributed by atoms with van der Waals surface area (Å²) < 4.78 is 10.3. The summed E-state index contributed by atoms with van der Waals surface area (Å²) in [5.41, 5.74) is 0.304. The predicted octanol–water partition coefficient (Wildman–Crippen LogP) is 1.82. The van der Waals surface area contributed by atoms with Crippen LogP contribution in [0.4, 0.5) is 5.69 Å². The zero-order chi connectivity index (χ0) is 19.2. The van der Waals surface area contributed by atoms with Crippen LogP contribution in [-0.2, 0) is 9.53 Å². The number of nitro groups is 1. The Hall–Kier alpha value is -3.46. The van der Waals surface area contributed by atoms with Gasteiger partial charge < -0.3 is 19.4 Å². The Balaban J connectivity index is 1.90. The first-order valence-electron chi connectivity index (χ1n) is 8.22. The third-order valence-electron chi connectivity index (χ3n) is 3.91. The van der Waals surface area contributed by atoms with Crippen molar-refractivity contribution in [1.82, 2.24) is 10.2 Å². The van der Waals surface area contributed by atoms with Crippen LogP contribution in [0.5, 0.6) is 0 Å². The van der Waals surface area contributed by atoms with E-state index in [-0.39, 0.29) is 17.1 Å². The van der Waals surface area contributed by atoms with Crippen molar-refractivity contribution in [2.75, 3.05) is 26.3 Å². The Kier molecular flexibility index (Phi) is 5.62. The van der Waals surface area contributed by atoms with Gasteiger partial charge in [0.25, 0.3) is 17.5 Å². The smallest absolute Gasteiger partial charge is 0.291 e. The van der Waals surface area contributed by atoms with Crippen molar-refractivity contribution in [2.24, 2.45) is 0 Å². The molecule has 0 spiro atoms. The molecule has 1 fully saturated rings. The molecule has 0 atom stereocenters. The standard InChI is InChI=1S/C18H17N3O6/c22-17(16-5-2-8-27-16)19-15(18(23)20-6-9-26-10-7-20)12-13-3-1-4-14(11-13)21(24)25/h1-5,8,11-12H,6-7,9-10H2,(H,19,22)/b15-12+. The number of rotatable bonds is 5. The Morgan fingerprint density at radius 1 is 1.19 bits per heavy atom. The summed E-state index contributed by atoms with van der Waals surface area (Å²) in [6.45, 7) is 1.59. The minimum Gasteiger partial charge on any atom is -0.459 e. The summed E-state index contributed by atoms with van der Waals surface area (Å²) in [6.07, 6.45) is 2.76. The lowest BCUT2D eigenvalue weighted by Crippen LogP contribution is -2.44. The van der Waals surface area contributed by atoms with Crippen molar-refractivity contribution in [3.05, 3.63) is 69.8 Å². The summed E-state index contributed by atoms with van der Waals surface area (Å²) in [5, 5.41) is 13.5. The Morgan fingerprint density at radius 2 is 1.96 bits per heavy atom. The number of carbonyl (C=O) groups is 2. The Bertz CT molecular complexity index is 869. The average Bonchev–Trinajstić information content (AvgIpc) is 3.23. The highest BCUT2D eigenvalue weighted by molar-refractivity contribution is 6.04. The maximum Gasteiger partial charge on any atom is 0.291 e. The molecule has 1 aromatic carbocycles. The van der Waals surface area contributed by atoms with Gasteiger partial charge in [0.1, 0.15) is 5.70 Å². The van der Waals surface area contributed by atoms with Gasteiger partial charge in [-0.2, -0.15) is 0 Å². The fourth-order valence-electron chi connectivity index (χ4n) is 2.57. The van der Waals surface area contributed by atoms with Gasteiger partial charge >= 0.3 is 0 Å². The van der Waals surface area contributed by atoms with E-state index in [9.17, 15) is 19.7 Å². The van der Waals surface area contributed by atoms with Gasteiger partial charge in [0.05, 0.1) is 24.4 Å². The van der Waals surface area contributed by atoms with Gasteiger partial charge in [-0.25, -0.2) is 0 Å². The number of hydrogen-bond acceptors (Lipinski definition) is 6. The molecule has 1 N–H and O–H groups in total. The second-order valence-electron chi connectivity index (χ2n) is 5.75. The van der Waals surface area contributed by atoms with Crippen LogP contribution in [0.1, 0.15) is 16.1 Å².